The smallest absolute Gasteiger partial charge is 0.318 e. The summed E-state index contributed by atoms with van der Waals surface area (Å²) in [4.78, 5) is 38.6. The highest BCUT2D eigenvalue weighted by atomic mass is 19.1. The highest BCUT2D eigenvalue weighted by molar-refractivity contribution is 6.01. The Kier molecular flexibility index (Phi) is 5.29. The van der Waals surface area contributed by atoms with Gasteiger partial charge in [0, 0.05) is 19.6 Å². The molecule has 1 aromatic carbocycles. The number of carbonyl (C=O) groups is 3. The van der Waals surface area contributed by atoms with Crippen molar-refractivity contribution in [2.75, 3.05) is 24.5 Å². The van der Waals surface area contributed by atoms with E-state index >= 15 is 0 Å². The number of hydrogen-bond acceptors (Lipinski definition) is 3. The van der Waals surface area contributed by atoms with Gasteiger partial charge < -0.3 is 20.2 Å². The summed E-state index contributed by atoms with van der Waals surface area (Å²) in [7, 11) is 0. The molecule has 3 unspecified atom stereocenters. The van der Waals surface area contributed by atoms with E-state index < -0.39 is 47.2 Å². The summed E-state index contributed by atoms with van der Waals surface area (Å²) >= 11 is 0. The number of amides is 3. The van der Waals surface area contributed by atoms with Crippen LogP contribution < -0.4 is 10.2 Å². The molecular weight excluding hydrogens is 360 g/mol. The number of para-hydroxylation sites is 1. The lowest BCUT2D eigenvalue weighted by atomic mass is 9.91. The van der Waals surface area contributed by atoms with Crippen molar-refractivity contribution in [2.24, 2.45) is 11.8 Å². The predicted molar refractivity (Wildman–Crippen MR) is 92.1 cm³/mol. The van der Waals surface area contributed by atoms with E-state index in [4.69, 9.17) is 0 Å². The highest BCUT2D eigenvalue weighted by Gasteiger charge is 2.38. The van der Waals surface area contributed by atoms with Crippen LogP contribution in [0.3, 0.4) is 0 Å². The monoisotopic (exact) mass is 381 g/mol. The van der Waals surface area contributed by atoms with Gasteiger partial charge in [-0.25, -0.2) is 13.6 Å². The Morgan fingerprint density at radius 2 is 1.89 bits per heavy atom. The van der Waals surface area contributed by atoms with Gasteiger partial charge in [-0.05, 0) is 30.9 Å². The third kappa shape index (κ3) is 3.86. The van der Waals surface area contributed by atoms with Crippen molar-refractivity contribution in [1.29, 1.82) is 0 Å². The molecule has 1 aromatic rings. The number of nitrogens with one attached hydrogen (secondary N) is 1. The van der Waals surface area contributed by atoms with Crippen LogP contribution in [-0.2, 0) is 9.59 Å². The van der Waals surface area contributed by atoms with Crippen LogP contribution in [0.4, 0.5) is 19.3 Å². The molecule has 3 rings (SSSR count). The second-order valence-corrected chi connectivity index (χ2v) is 7.13. The van der Waals surface area contributed by atoms with Gasteiger partial charge in [-0.2, -0.15) is 0 Å². The number of carboxylic acid groups (broad SMARTS) is 1. The zero-order chi connectivity index (χ0) is 19.7. The first-order chi connectivity index (χ1) is 12.8. The summed E-state index contributed by atoms with van der Waals surface area (Å²) in [6.45, 7) is 2.40. The Bertz CT molecular complexity index is 753. The predicted octanol–water partition coefficient (Wildman–Crippen LogP) is 1.82. The summed E-state index contributed by atoms with van der Waals surface area (Å²) in [5.74, 6) is -3.87. The number of aliphatic carboxylic acids is 1. The van der Waals surface area contributed by atoms with E-state index in [-0.39, 0.29) is 25.4 Å². The molecule has 0 bridgehead atoms. The lowest BCUT2D eigenvalue weighted by molar-refractivity contribution is -0.143. The number of carboxylic acids is 1. The number of anilines is 1. The number of carbonyl (C=O) groups excluding carboxylic acids is 2. The van der Waals surface area contributed by atoms with Gasteiger partial charge in [0.2, 0.25) is 5.91 Å². The molecule has 0 aromatic heterocycles. The normalized spacial score (nSPS) is 25.6. The van der Waals surface area contributed by atoms with E-state index in [1.807, 2.05) is 6.92 Å². The SMILES string of the molecule is CC1CC(C(=O)O)CN(C(=O)NC2CCN(c3c(F)cccc3F)C2=O)C1. The first-order valence-electron chi connectivity index (χ1n) is 8.81. The third-order valence-electron chi connectivity index (χ3n) is 5.01. The first kappa shape index (κ1) is 19.1. The number of urea groups is 1. The molecule has 0 radical (unpaired) electrons. The minimum atomic E-state index is -0.961. The molecule has 146 valence electrons. The fraction of sp³-hybridized carbons (Fsp3) is 0.500. The van der Waals surface area contributed by atoms with Crippen LogP contribution in [0.1, 0.15) is 19.8 Å². The molecule has 0 aliphatic carbocycles. The average molecular weight is 381 g/mol. The molecule has 2 heterocycles. The van der Waals surface area contributed by atoms with E-state index in [2.05, 4.69) is 5.32 Å². The molecule has 2 fully saturated rings. The zero-order valence-electron chi connectivity index (χ0n) is 14.8. The van der Waals surface area contributed by atoms with Crippen molar-refractivity contribution in [3.8, 4) is 0 Å². The number of nitrogens with zero attached hydrogens (tertiary/aromatic N) is 2. The molecule has 2 aliphatic rings. The Morgan fingerprint density at radius 1 is 1.22 bits per heavy atom. The number of rotatable bonds is 3. The summed E-state index contributed by atoms with van der Waals surface area (Å²) in [6.07, 6.45) is 0.700. The lowest BCUT2D eigenvalue weighted by Gasteiger charge is -2.35. The second-order valence-electron chi connectivity index (χ2n) is 7.13. The van der Waals surface area contributed by atoms with Gasteiger partial charge in [-0.1, -0.05) is 13.0 Å². The van der Waals surface area contributed by atoms with E-state index in [0.717, 1.165) is 17.0 Å². The summed E-state index contributed by atoms with van der Waals surface area (Å²) in [5, 5.41) is 11.8. The van der Waals surface area contributed by atoms with E-state index in [0.29, 0.717) is 13.0 Å². The maximum Gasteiger partial charge on any atom is 0.318 e. The maximum absolute atomic E-state index is 13.9. The van der Waals surface area contributed by atoms with Crippen LogP contribution in [0.25, 0.3) is 0 Å². The minimum Gasteiger partial charge on any atom is -0.481 e. The number of piperidine rings is 1. The number of hydrogen-bond donors (Lipinski definition) is 2. The maximum atomic E-state index is 13.9. The van der Waals surface area contributed by atoms with Gasteiger partial charge in [-0.3, -0.25) is 9.59 Å². The van der Waals surface area contributed by atoms with E-state index in [1.165, 1.54) is 11.0 Å². The van der Waals surface area contributed by atoms with Crippen LogP contribution in [-0.4, -0.2) is 53.6 Å². The Hall–Kier alpha value is -2.71. The van der Waals surface area contributed by atoms with Gasteiger partial charge >= 0.3 is 12.0 Å². The second kappa shape index (κ2) is 7.50. The Labute approximate surface area is 154 Å². The van der Waals surface area contributed by atoms with Crippen molar-refractivity contribution in [3.63, 3.8) is 0 Å². The standard InChI is InChI=1S/C18H21F2N3O4/c1-10-7-11(17(25)26)9-22(8-10)18(27)21-14-5-6-23(16(14)24)15-12(19)3-2-4-13(15)20/h2-4,10-11,14H,5-9H2,1H3,(H,21,27)(H,25,26). The topological polar surface area (TPSA) is 89.9 Å². The minimum absolute atomic E-state index is 0.0221. The van der Waals surface area contributed by atoms with Crippen molar-refractivity contribution in [2.45, 2.75) is 25.8 Å². The van der Waals surface area contributed by atoms with Crippen LogP contribution in [0.5, 0.6) is 0 Å². The van der Waals surface area contributed by atoms with E-state index in [9.17, 15) is 28.3 Å². The number of benzene rings is 1. The van der Waals surface area contributed by atoms with Gasteiger partial charge in [0.25, 0.3) is 0 Å². The van der Waals surface area contributed by atoms with Crippen molar-refractivity contribution in [3.05, 3.63) is 29.8 Å². The zero-order valence-corrected chi connectivity index (χ0v) is 14.8. The van der Waals surface area contributed by atoms with Gasteiger partial charge in [0.15, 0.2) is 0 Å². The van der Waals surface area contributed by atoms with Crippen LogP contribution in [0.2, 0.25) is 0 Å². The van der Waals surface area contributed by atoms with Crippen molar-refractivity contribution in [1.82, 2.24) is 10.2 Å². The van der Waals surface area contributed by atoms with Crippen LogP contribution >= 0.6 is 0 Å². The number of halogens is 2. The summed E-state index contributed by atoms with van der Waals surface area (Å²) in [6, 6.07) is 1.90. The van der Waals surface area contributed by atoms with Gasteiger partial charge in [-0.15, -0.1) is 0 Å². The molecule has 2 N–H and O–H groups in total. The molecule has 3 amide bonds. The van der Waals surface area contributed by atoms with Crippen molar-refractivity contribution >= 4 is 23.6 Å². The Morgan fingerprint density at radius 3 is 2.52 bits per heavy atom. The number of likely N-dealkylation sites (tertiary alicyclic amines) is 1. The largest absolute Gasteiger partial charge is 0.481 e. The van der Waals surface area contributed by atoms with Gasteiger partial charge in [0.05, 0.1) is 5.92 Å². The van der Waals surface area contributed by atoms with Crippen LogP contribution in [0, 0.1) is 23.5 Å². The molecule has 0 saturated carbocycles. The highest BCUT2D eigenvalue weighted by Crippen LogP contribution is 2.28. The average Bonchev–Trinajstić information content (AvgIpc) is 2.95. The molecule has 0 spiro atoms. The quantitative estimate of drug-likeness (QED) is 0.836. The molecule has 7 nitrogen and oxygen atoms in total. The molecule has 2 saturated heterocycles. The van der Waals surface area contributed by atoms with Gasteiger partial charge in [0.1, 0.15) is 23.4 Å². The fourth-order valence-corrected chi connectivity index (χ4v) is 3.72. The third-order valence-corrected chi connectivity index (χ3v) is 5.01. The first-order valence-corrected chi connectivity index (χ1v) is 8.81. The molecule has 9 heteroatoms. The molecule has 2 aliphatic heterocycles. The fourth-order valence-electron chi connectivity index (χ4n) is 3.72. The van der Waals surface area contributed by atoms with Crippen LogP contribution in [0.15, 0.2) is 18.2 Å². The summed E-state index contributed by atoms with van der Waals surface area (Å²) in [5.41, 5.74) is -0.420. The molecular formula is C18H21F2N3O4. The van der Waals surface area contributed by atoms with E-state index in [1.54, 1.807) is 0 Å². The molecule has 3 atom stereocenters. The molecule has 27 heavy (non-hydrogen) atoms. The Balaban J connectivity index is 1.67. The van der Waals surface area contributed by atoms with Crippen molar-refractivity contribution < 1.29 is 28.3 Å². The lowest BCUT2D eigenvalue weighted by Crippen LogP contribution is -2.53. The summed E-state index contributed by atoms with van der Waals surface area (Å²) < 4.78 is 27.9.